The van der Waals surface area contributed by atoms with Gasteiger partial charge in [0, 0.05) is 6.61 Å². The monoisotopic (exact) mass is 264 g/mol. The Kier molecular flexibility index (Phi) is 3.53. The number of carboxylic acids is 1. The van der Waals surface area contributed by atoms with Crippen LogP contribution in [0.1, 0.15) is 41.2 Å². The molecule has 1 aromatic heterocycles. The van der Waals surface area contributed by atoms with Crippen LogP contribution < -0.4 is 5.32 Å². The van der Waals surface area contributed by atoms with Gasteiger partial charge in [0.25, 0.3) is 5.91 Å². The molecule has 2 unspecified atom stereocenters. The van der Waals surface area contributed by atoms with E-state index in [-0.39, 0.29) is 23.4 Å². The van der Waals surface area contributed by atoms with E-state index in [0.29, 0.717) is 6.61 Å². The third kappa shape index (κ3) is 2.73. The van der Waals surface area contributed by atoms with E-state index in [2.05, 4.69) is 10.3 Å². The fraction of sp³-hybridized carbons (Fsp3) is 0.462. The Bertz CT molecular complexity index is 517. The number of rotatable bonds is 3. The van der Waals surface area contributed by atoms with Crippen molar-refractivity contribution in [3.05, 3.63) is 29.6 Å². The van der Waals surface area contributed by atoms with E-state index >= 15 is 0 Å². The van der Waals surface area contributed by atoms with Crippen LogP contribution in [0, 0.1) is 0 Å². The second-order valence-electron chi connectivity index (χ2n) is 4.85. The smallest absolute Gasteiger partial charge is 0.354 e. The minimum absolute atomic E-state index is 0.0842. The predicted octanol–water partition coefficient (Wildman–Crippen LogP) is 1.08. The first-order chi connectivity index (χ1) is 8.92. The minimum Gasteiger partial charge on any atom is -0.477 e. The maximum Gasteiger partial charge on any atom is 0.354 e. The average Bonchev–Trinajstić information content (AvgIpc) is 2.69. The number of carboxylic acid groups (broad SMARTS) is 1. The fourth-order valence-electron chi connectivity index (χ4n) is 2.00. The van der Waals surface area contributed by atoms with Gasteiger partial charge >= 0.3 is 5.97 Å². The minimum atomic E-state index is -1.15. The lowest BCUT2D eigenvalue weighted by Gasteiger charge is -2.28. The third-order valence-corrected chi connectivity index (χ3v) is 3.49. The molecule has 6 nitrogen and oxygen atoms in total. The Morgan fingerprint density at radius 3 is 2.74 bits per heavy atom. The molecule has 1 amide bonds. The van der Waals surface area contributed by atoms with Crippen molar-refractivity contribution < 1.29 is 19.4 Å². The SMILES string of the molecule is CC1OCCC1(C)NC(=O)c1cccc(C(=O)O)n1. The summed E-state index contributed by atoms with van der Waals surface area (Å²) in [6, 6.07) is 4.34. The number of carbonyl (C=O) groups is 2. The topological polar surface area (TPSA) is 88.5 Å². The van der Waals surface area contributed by atoms with Gasteiger partial charge in [0.05, 0.1) is 11.6 Å². The number of aromatic nitrogens is 1. The Hall–Kier alpha value is -1.95. The fourth-order valence-corrected chi connectivity index (χ4v) is 2.00. The number of nitrogens with one attached hydrogen (secondary N) is 1. The second-order valence-corrected chi connectivity index (χ2v) is 4.85. The van der Waals surface area contributed by atoms with Crippen LogP contribution in [0.3, 0.4) is 0 Å². The van der Waals surface area contributed by atoms with Crippen molar-refractivity contribution in [2.75, 3.05) is 6.61 Å². The summed E-state index contributed by atoms with van der Waals surface area (Å²) in [5.74, 6) is -1.54. The van der Waals surface area contributed by atoms with Gasteiger partial charge in [-0.25, -0.2) is 9.78 Å². The van der Waals surface area contributed by atoms with Crippen LogP contribution in [0.25, 0.3) is 0 Å². The van der Waals surface area contributed by atoms with Gasteiger partial charge in [-0.3, -0.25) is 4.79 Å². The Balaban J connectivity index is 2.16. The Morgan fingerprint density at radius 2 is 2.16 bits per heavy atom. The van der Waals surface area contributed by atoms with Crippen LogP contribution >= 0.6 is 0 Å². The summed E-state index contributed by atoms with van der Waals surface area (Å²) in [5, 5.41) is 11.7. The highest BCUT2D eigenvalue weighted by Gasteiger charge is 2.38. The van der Waals surface area contributed by atoms with Crippen molar-refractivity contribution >= 4 is 11.9 Å². The summed E-state index contributed by atoms with van der Waals surface area (Å²) < 4.78 is 5.44. The molecule has 2 N–H and O–H groups in total. The Labute approximate surface area is 110 Å². The van der Waals surface area contributed by atoms with Gasteiger partial charge in [-0.15, -0.1) is 0 Å². The summed E-state index contributed by atoms with van der Waals surface area (Å²) >= 11 is 0. The van der Waals surface area contributed by atoms with E-state index in [1.807, 2.05) is 13.8 Å². The van der Waals surface area contributed by atoms with Gasteiger partial charge in [0.1, 0.15) is 11.4 Å². The van der Waals surface area contributed by atoms with E-state index in [0.717, 1.165) is 6.42 Å². The van der Waals surface area contributed by atoms with Gasteiger partial charge < -0.3 is 15.2 Å². The van der Waals surface area contributed by atoms with Gasteiger partial charge in [-0.05, 0) is 32.4 Å². The van der Waals surface area contributed by atoms with Crippen molar-refractivity contribution in [2.45, 2.75) is 31.9 Å². The zero-order valence-electron chi connectivity index (χ0n) is 10.8. The van der Waals surface area contributed by atoms with Crippen molar-refractivity contribution in [3.8, 4) is 0 Å². The van der Waals surface area contributed by atoms with Crippen molar-refractivity contribution in [3.63, 3.8) is 0 Å². The van der Waals surface area contributed by atoms with Crippen LogP contribution in [-0.2, 0) is 4.74 Å². The summed E-state index contributed by atoms with van der Waals surface area (Å²) in [7, 11) is 0. The molecule has 0 spiro atoms. The zero-order valence-corrected chi connectivity index (χ0v) is 10.8. The maximum atomic E-state index is 12.1. The highest BCUT2D eigenvalue weighted by molar-refractivity contribution is 5.94. The van der Waals surface area contributed by atoms with E-state index in [9.17, 15) is 9.59 Å². The molecule has 1 saturated heterocycles. The first-order valence-corrected chi connectivity index (χ1v) is 6.07. The molecule has 102 valence electrons. The maximum absolute atomic E-state index is 12.1. The number of aromatic carboxylic acids is 1. The molecule has 2 rings (SSSR count). The molecule has 1 fully saturated rings. The average molecular weight is 264 g/mol. The molecule has 0 aromatic carbocycles. The van der Waals surface area contributed by atoms with Gasteiger partial charge in [-0.2, -0.15) is 0 Å². The zero-order chi connectivity index (χ0) is 14.0. The summed E-state index contributed by atoms with van der Waals surface area (Å²) in [6.45, 7) is 4.40. The largest absolute Gasteiger partial charge is 0.477 e. The predicted molar refractivity (Wildman–Crippen MR) is 67.1 cm³/mol. The van der Waals surface area contributed by atoms with Gasteiger partial charge in [-0.1, -0.05) is 6.07 Å². The van der Waals surface area contributed by atoms with Crippen LogP contribution in [0.15, 0.2) is 18.2 Å². The summed E-state index contributed by atoms with van der Waals surface area (Å²) in [6.07, 6.45) is 0.637. The Morgan fingerprint density at radius 1 is 1.47 bits per heavy atom. The molecule has 1 aromatic rings. The number of ether oxygens (including phenoxy) is 1. The lowest BCUT2D eigenvalue weighted by Crippen LogP contribution is -2.50. The quantitative estimate of drug-likeness (QED) is 0.852. The molecule has 2 heterocycles. The molecular formula is C13H16N2O4. The molecule has 0 aliphatic carbocycles. The normalized spacial score (nSPS) is 26.1. The van der Waals surface area contributed by atoms with E-state index in [1.165, 1.54) is 18.2 Å². The number of pyridine rings is 1. The lowest BCUT2D eigenvalue weighted by atomic mass is 9.94. The first kappa shape index (κ1) is 13.5. The van der Waals surface area contributed by atoms with Crippen LogP contribution in [-0.4, -0.2) is 40.2 Å². The van der Waals surface area contributed by atoms with Crippen molar-refractivity contribution in [1.29, 1.82) is 0 Å². The summed E-state index contributed by atoms with van der Waals surface area (Å²) in [5.41, 5.74) is -0.494. The number of amides is 1. The van der Waals surface area contributed by atoms with Crippen molar-refractivity contribution in [1.82, 2.24) is 10.3 Å². The second kappa shape index (κ2) is 4.97. The van der Waals surface area contributed by atoms with Crippen molar-refractivity contribution in [2.24, 2.45) is 0 Å². The summed E-state index contributed by atoms with van der Waals surface area (Å²) in [4.78, 5) is 26.7. The van der Waals surface area contributed by atoms with Crippen LogP contribution in [0.4, 0.5) is 0 Å². The van der Waals surface area contributed by atoms with Gasteiger partial charge in [0.2, 0.25) is 0 Å². The number of nitrogens with zero attached hydrogens (tertiary/aromatic N) is 1. The van der Waals surface area contributed by atoms with E-state index in [1.54, 1.807) is 0 Å². The molecule has 0 bridgehead atoms. The van der Waals surface area contributed by atoms with E-state index < -0.39 is 11.5 Å². The third-order valence-electron chi connectivity index (χ3n) is 3.49. The highest BCUT2D eigenvalue weighted by Crippen LogP contribution is 2.25. The number of carbonyl (C=O) groups excluding carboxylic acids is 1. The molecule has 1 aliphatic heterocycles. The molecule has 1 aliphatic rings. The molecule has 19 heavy (non-hydrogen) atoms. The van der Waals surface area contributed by atoms with Gasteiger partial charge in [0.15, 0.2) is 0 Å². The highest BCUT2D eigenvalue weighted by atomic mass is 16.5. The molecule has 0 saturated carbocycles. The molecule has 2 atom stereocenters. The molecule has 0 radical (unpaired) electrons. The lowest BCUT2D eigenvalue weighted by molar-refractivity contribution is 0.0689. The van der Waals surface area contributed by atoms with E-state index in [4.69, 9.17) is 9.84 Å². The standard InChI is InChI=1S/C13H16N2O4/c1-8-13(2,6-7-19-8)15-11(16)9-4-3-5-10(14-9)12(17)18/h3-5,8H,6-7H2,1-2H3,(H,15,16)(H,17,18). The number of hydrogen-bond donors (Lipinski definition) is 2. The molecular weight excluding hydrogens is 248 g/mol. The first-order valence-electron chi connectivity index (χ1n) is 6.07. The number of hydrogen-bond acceptors (Lipinski definition) is 4. The molecule has 6 heteroatoms. The van der Waals surface area contributed by atoms with Crippen LogP contribution in [0.5, 0.6) is 0 Å². The van der Waals surface area contributed by atoms with Crippen LogP contribution in [0.2, 0.25) is 0 Å².